The molecule has 14 heavy (non-hydrogen) atoms. The SMILES string of the molecule is CC#CCNc1cc(F)c(F)cc1F. The average Bonchev–Trinajstić information content (AvgIpc) is 2.14. The molecule has 0 fully saturated rings. The third kappa shape index (κ3) is 2.43. The lowest BCUT2D eigenvalue weighted by Crippen LogP contribution is -2.02. The molecular formula is C10H8F3N. The molecule has 1 nitrogen and oxygen atoms in total. The maximum absolute atomic E-state index is 12.9. The summed E-state index contributed by atoms with van der Waals surface area (Å²) in [4.78, 5) is 0. The van der Waals surface area contributed by atoms with E-state index in [9.17, 15) is 13.2 Å². The first-order valence-corrected chi connectivity index (χ1v) is 3.93. The normalized spacial score (nSPS) is 9.14. The molecule has 1 aromatic rings. The van der Waals surface area contributed by atoms with Gasteiger partial charge in [-0.15, -0.1) is 5.92 Å². The zero-order valence-corrected chi connectivity index (χ0v) is 7.50. The Kier molecular flexibility index (Phi) is 3.41. The second-order valence-electron chi connectivity index (χ2n) is 2.53. The zero-order chi connectivity index (χ0) is 10.6. The number of benzene rings is 1. The standard InChI is InChI=1S/C10H8F3N/c1-2-3-4-14-10-6-8(12)7(11)5-9(10)13/h5-6,14H,4H2,1H3. The molecule has 0 atom stereocenters. The molecule has 4 heteroatoms. The van der Waals surface area contributed by atoms with E-state index in [1.807, 2.05) is 0 Å². The van der Waals surface area contributed by atoms with E-state index >= 15 is 0 Å². The van der Waals surface area contributed by atoms with Crippen LogP contribution in [0, 0.1) is 29.3 Å². The monoisotopic (exact) mass is 199 g/mol. The molecule has 1 rings (SSSR count). The molecule has 0 amide bonds. The fraction of sp³-hybridized carbons (Fsp3) is 0.200. The van der Waals surface area contributed by atoms with E-state index in [0.29, 0.717) is 6.07 Å². The second kappa shape index (κ2) is 4.56. The summed E-state index contributed by atoms with van der Waals surface area (Å²) in [6.45, 7) is 1.82. The Labute approximate surface area is 79.9 Å². The number of anilines is 1. The maximum atomic E-state index is 12.9. The van der Waals surface area contributed by atoms with Crippen molar-refractivity contribution in [2.75, 3.05) is 11.9 Å². The average molecular weight is 199 g/mol. The van der Waals surface area contributed by atoms with Crippen molar-refractivity contribution in [1.82, 2.24) is 0 Å². The molecule has 0 saturated heterocycles. The van der Waals surface area contributed by atoms with Crippen molar-refractivity contribution in [1.29, 1.82) is 0 Å². The third-order valence-electron chi connectivity index (χ3n) is 1.55. The van der Waals surface area contributed by atoms with Crippen LogP contribution in [0.25, 0.3) is 0 Å². The highest BCUT2D eigenvalue weighted by molar-refractivity contribution is 5.46. The first-order chi connectivity index (χ1) is 6.65. The Balaban J connectivity index is 2.85. The van der Waals surface area contributed by atoms with Gasteiger partial charge < -0.3 is 5.32 Å². The number of halogens is 3. The van der Waals surface area contributed by atoms with E-state index in [1.165, 1.54) is 0 Å². The Morgan fingerprint density at radius 3 is 2.43 bits per heavy atom. The van der Waals surface area contributed by atoms with Gasteiger partial charge in [-0.1, -0.05) is 5.92 Å². The lowest BCUT2D eigenvalue weighted by molar-refractivity contribution is 0.496. The van der Waals surface area contributed by atoms with Crippen molar-refractivity contribution in [2.45, 2.75) is 6.92 Å². The molecule has 0 unspecified atom stereocenters. The van der Waals surface area contributed by atoms with Crippen molar-refractivity contribution >= 4 is 5.69 Å². The first-order valence-electron chi connectivity index (χ1n) is 3.93. The van der Waals surface area contributed by atoms with Crippen LogP contribution < -0.4 is 5.32 Å². The van der Waals surface area contributed by atoms with Crippen LogP contribution >= 0.6 is 0 Å². The van der Waals surface area contributed by atoms with E-state index in [-0.39, 0.29) is 12.2 Å². The Hall–Kier alpha value is -1.63. The molecular weight excluding hydrogens is 191 g/mol. The zero-order valence-electron chi connectivity index (χ0n) is 7.50. The summed E-state index contributed by atoms with van der Waals surface area (Å²) in [5.74, 6) is 2.08. The molecule has 0 spiro atoms. The van der Waals surface area contributed by atoms with Gasteiger partial charge in [0.15, 0.2) is 11.6 Å². The minimum atomic E-state index is -1.20. The Morgan fingerprint density at radius 2 is 1.79 bits per heavy atom. The smallest absolute Gasteiger partial charge is 0.161 e. The van der Waals surface area contributed by atoms with E-state index in [4.69, 9.17) is 0 Å². The molecule has 0 aliphatic carbocycles. The Morgan fingerprint density at radius 1 is 1.14 bits per heavy atom. The van der Waals surface area contributed by atoms with Crippen LogP contribution in [-0.4, -0.2) is 6.54 Å². The summed E-state index contributed by atoms with van der Waals surface area (Å²) >= 11 is 0. The van der Waals surface area contributed by atoms with Crippen molar-refractivity contribution < 1.29 is 13.2 Å². The minimum absolute atomic E-state index is 0.0911. The maximum Gasteiger partial charge on any atom is 0.161 e. The van der Waals surface area contributed by atoms with Crippen LogP contribution in [0.15, 0.2) is 12.1 Å². The van der Waals surface area contributed by atoms with Gasteiger partial charge in [0.1, 0.15) is 5.82 Å². The van der Waals surface area contributed by atoms with Gasteiger partial charge in [0.05, 0.1) is 12.2 Å². The topological polar surface area (TPSA) is 12.0 Å². The van der Waals surface area contributed by atoms with Crippen molar-refractivity contribution in [3.05, 3.63) is 29.6 Å². The highest BCUT2D eigenvalue weighted by Gasteiger charge is 2.08. The van der Waals surface area contributed by atoms with Gasteiger partial charge in [-0.3, -0.25) is 0 Å². The van der Waals surface area contributed by atoms with E-state index < -0.39 is 17.5 Å². The van der Waals surface area contributed by atoms with E-state index in [0.717, 1.165) is 6.07 Å². The molecule has 0 aromatic heterocycles. The van der Waals surface area contributed by atoms with Crippen LogP contribution in [0.5, 0.6) is 0 Å². The van der Waals surface area contributed by atoms with Gasteiger partial charge in [-0.25, -0.2) is 13.2 Å². The largest absolute Gasteiger partial charge is 0.372 e. The first kappa shape index (κ1) is 10.5. The van der Waals surface area contributed by atoms with Crippen LogP contribution in [0.2, 0.25) is 0 Å². The quantitative estimate of drug-likeness (QED) is 0.570. The van der Waals surface area contributed by atoms with Crippen LogP contribution in [0.4, 0.5) is 18.9 Å². The molecule has 1 aromatic carbocycles. The summed E-state index contributed by atoms with van der Waals surface area (Å²) in [7, 11) is 0. The number of rotatable bonds is 2. The number of nitrogens with one attached hydrogen (secondary N) is 1. The number of hydrogen-bond acceptors (Lipinski definition) is 1. The lowest BCUT2D eigenvalue weighted by Gasteiger charge is -2.04. The minimum Gasteiger partial charge on any atom is -0.372 e. The van der Waals surface area contributed by atoms with Gasteiger partial charge in [0.2, 0.25) is 0 Å². The predicted octanol–water partition coefficient (Wildman–Crippen LogP) is 2.54. The highest BCUT2D eigenvalue weighted by atomic mass is 19.2. The lowest BCUT2D eigenvalue weighted by atomic mass is 10.3. The van der Waals surface area contributed by atoms with Crippen molar-refractivity contribution in [3.8, 4) is 11.8 Å². The molecule has 0 aliphatic rings. The fourth-order valence-electron chi connectivity index (χ4n) is 0.886. The van der Waals surface area contributed by atoms with Gasteiger partial charge in [0, 0.05) is 12.1 Å². The molecule has 0 aliphatic heterocycles. The van der Waals surface area contributed by atoms with Crippen molar-refractivity contribution in [3.63, 3.8) is 0 Å². The van der Waals surface area contributed by atoms with Gasteiger partial charge in [-0.05, 0) is 6.92 Å². The Bertz CT molecular complexity index is 390. The molecule has 0 heterocycles. The summed E-state index contributed by atoms with van der Waals surface area (Å²) in [5.41, 5.74) is -0.0911. The van der Waals surface area contributed by atoms with Crippen molar-refractivity contribution in [2.24, 2.45) is 0 Å². The molecule has 0 radical (unpaired) electrons. The summed E-state index contributed by atoms with van der Waals surface area (Å²) in [6, 6.07) is 1.26. The summed E-state index contributed by atoms with van der Waals surface area (Å²) in [5, 5.41) is 2.53. The molecule has 0 bridgehead atoms. The predicted molar refractivity (Wildman–Crippen MR) is 48.3 cm³/mol. The van der Waals surface area contributed by atoms with E-state index in [1.54, 1.807) is 6.92 Å². The second-order valence-corrected chi connectivity index (χ2v) is 2.53. The van der Waals surface area contributed by atoms with E-state index in [2.05, 4.69) is 17.2 Å². The molecule has 74 valence electrons. The van der Waals surface area contributed by atoms with Crippen LogP contribution in [-0.2, 0) is 0 Å². The summed E-state index contributed by atoms with van der Waals surface area (Å²) in [6.07, 6.45) is 0. The third-order valence-corrected chi connectivity index (χ3v) is 1.55. The summed E-state index contributed by atoms with van der Waals surface area (Å²) < 4.78 is 38.1. The van der Waals surface area contributed by atoms with Gasteiger partial charge >= 0.3 is 0 Å². The van der Waals surface area contributed by atoms with Crippen LogP contribution in [0.1, 0.15) is 6.92 Å². The van der Waals surface area contributed by atoms with Gasteiger partial charge in [-0.2, -0.15) is 0 Å². The molecule has 1 N–H and O–H groups in total. The van der Waals surface area contributed by atoms with Gasteiger partial charge in [0.25, 0.3) is 0 Å². The fourth-order valence-corrected chi connectivity index (χ4v) is 0.886. The highest BCUT2D eigenvalue weighted by Crippen LogP contribution is 2.17. The molecule has 0 saturated carbocycles. The number of hydrogen-bond donors (Lipinski definition) is 1. The van der Waals surface area contributed by atoms with Crippen LogP contribution in [0.3, 0.4) is 0 Å².